The van der Waals surface area contributed by atoms with Gasteiger partial charge in [-0.05, 0) is 38.1 Å². The summed E-state index contributed by atoms with van der Waals surface area (Å²) in [6.45, 7) is 6.47. The highest BCUT2D eigenvalue weighted by Crippen LogP contribution is 2.15. The van der Waals surface area contributed by atoms with Crippen molar-refractivity contribution in [1.29, 1.82) is 0 Å². The van der Waals surface area contributed by atoms with Crippen LogP contribution in [0.1, 0.15) is 19.4 Å². The molecule has 1 fully saturated rings. The van der Waals surface area contributed by atoms with Crippen LogP contribution >= 0.6 is 11.6 Å². The van der Waals surface area contributed by atoms with Gasteiger partial charge in [0.15, 0.2) is 0 Å². The van der Waals surface area contributed by atoms with E-state index in [2.05, 4.69) is 17.3 Å². The summed E-state index contributed by atoms with van der Waals surface area (Å²) < 4.78 is 5.75. The molecule has 3 atom stereocenters. The van der Waals surface area contributed by atoms with Crippen molar-refractivity contribution in [3.8, 4) is 0 Å². The Balaban J connectivity index is 1.85. The van der Waals surface area contributed by atoms with Crippen LogP contribution in [-0.2, 0) is 16.0 Å². The van der Waals surface area contributed by atoms with Gasteiger partial charge in [-0.15, -0.1) is 0 Å². The monoisotopic (exact) mass is 324 g/mol. The lowest BCUT2D eigenvalue weighted by Gasteiger charge is -2.34. The van der Waals surface area contributed by atoms with Gasteiger partial charge in [0.25, 0.3) is 0 Å². The van der Waals surface area contributed by atoms with Crippen LogP contribution in [0.4, 0.5) is 0 Å². The number of ether oxygens (including phenoxy) is 1. The van der Waals surface area contributed by atoms with E-state index in [1.54, 1.807) is 0 Å². The maximum absolute atomic E-state index is 12.4. The second-order valence-electron chi connectivity index (χ2n) is 6.20. The molecule has 0 radical (unpaired) electrons. The molecule has 122 valence electrons. The van der Waals surface area contributed by atoms with E-state index in [9.17, 15) is 4.79 Å². The molecule has 1 aliphatic rings. The molecule has 1 N–H and O–H groups in total. The summed E-state index contributed by atoms with van der Waals surface area (Å²) in [5, 5.41) is 3.79. The zero-order valence-corrected chi connectivity index (χ0v) is 14.3. The molecule has 1 aromatic rings. The lowest BCUT2D eigenvalue weighted by Crippen LogP contribution is -2.52. The minimum atomic E-state index is -0.0952. The number of benzene rings is 1. The second-order valence-corrected chi connectivity index (χ2v) is 6.64. The molecule has 1 aliphatic heterocycles. The van der Waals surface area contributed by atoms with E-state index in [-0.39, 0.29) is 24.0 Å². The van der Waals surface area contributed by atoms with Crippen LogP contribution in [0.25, 0.3) is 0 Å². The number of amides is 1. The standard InChI is InChI=1S/C17H25ClN2O2/c1-12(9-14-5-4-6-15(18)10-14)17(21)19-13(2)16-11-20(3)7-8-22-16/h4-6,10,12-13,16H,7-9,11H2,1-3H3,(H,19,21)/t12-,13-,16+/m1/s1. The highest BCUT2D eigenvalue weighted by atomic mass is 35.5. The third-order valence-corrected chi connectivity index (χ3v) is 4.34. The molecule has 4 nitrogen and oxygen atoms in total. The van der Waals surface area contributed by atoms with Crippen LogP contribution < -0.4 is 5.32 Å². The van der Waals surface area contributed by atoms with E-state index < -0.39 is 0 Å². The molecule has 2 rings (SSSR count). The Morgan fingerprint density at radius 2 is 2.27 bits per heavy atom. The number of nitrogens with zero attached hydrogens (tertiary/aromatic N) is 1. The summed E-state index contributed by atoms with van der Waals surface area (Å²) in [7, 11) is 2.08. The molecule has 1 saturated heterocycles. The van der Waals surface area contributed by atoms with Crippen molar-refractivity contribution in [2.24, 2.45) is 5.92 Å². The average Bonchev–Trinajstić information content (AvgIpc) is 2.47. The third kappa shape index (κ3) is 4.97. The van der Waals surface area contributed by atoms with E-state index in [1.165, 1.54) is 0 Å². The first-order valence-electron chi connectivity index (χ1n) is 7.80. The van der Waals surface area contributed by atoms with Gasteiger partial charge in [-0.1, -0.05) is 30.7 Å². The number of hydrogen-bond acceptors (Lipinski definition) is 3. The van der Waals surface area contributed by atoms with Gasteiger partial charge in [0.1, 0.15) is 0 Å². The number of carbonyl (C=O) groups excluding carboxylic acids is 1. The molecular weight excluding hydrogens is 300 g/mol. The van der Waals surface area contributed by atoms with E-state index in [0.29, 0.717) is 11.4 Å². The molecular formula is C17H25ClN2O2. The maximum Gasteiger partial charge on any atom is 0.223 e. The number of likely N-dealkylation sites (N-methyl/N-ethyl adjacent to an activating group) is 1. The van der Waals surface area contributed by atoms with E-state index in [4.69, 9.17) is 16.3 Å². The molecule has 1 amide bonds. The molecule has 0 unspecified atom stereocenters. The highest BCUT2D eigenvalue weighted by molar-refractivity contribution is 6.30. The first-order chi connectivity index (χ1) is 10.5. The Bertz CT molecular complexity index is 509. The Morgan fingerprint density at radius 1 is 1.50 bits per heavy atom. The van der Waals surface area contributed by atoms with Crippen molar-refractivity contribution in [1.82, 2.24) is 10.2 Å². The zero-order valence-electron chi connectivity index (χ0n) is 13.5. The number of morpholine rings is 1. The van der Waals surface area contributed by atoms with Crippen LogP contribution in [0.5, 0.6) is 0 Å². The predicted octanol–water partition coefficient (Wildman–Crippen LogP) is 2.35. The lowest BCUT2D eigenvalue weighted by atomic mass is 9.99. The van der Waals surface area contributed by atoms with Gasteiger partial charge >= 0.3 is 0 Å². The summed E-state index contributed by atoms with van der Waals surface area (Å²) in [6.07, 6.45) is 0.742. The molecule has 0 aliphatic carbocycles. The van der Waals surface area contributed by atoms with Crippen LogP contribution in [0.3, 0.4) is 0 Å². The molecule has 0 aromatic heterocycles. The molecule has 0 bridgehead atoms. The molecule has 5 heteroatoms. The van der Waals surface area contributed by atoms with Crippen molar-refractivity contribution < 1.29 is 9.53 Å². The van der Waals surface area contributed by atoms with Gasteiger partial charge < -0.3 is 15.0 Å². The van der Waals surface area contributed by atoms with Gasteiger partial charge in [0, 0.05) is 24.0 Å². The Kier molecular flexibility index (Phi) is 6.24. The minimum Gasteiger partial charge on any atom is -0.373 e. The second kappa shape index (κ2) is 7.95. The number of halogens is 1. The summed E-state index contributed by atoms with van der Waals surface area (Å²) >= 11 is 5.99. The summed E-state index contributed by atoms with van der Waals surface area (Å²) in [6, 6.07) is 7.68. The summed E-state index contributed by atoms with van der Waals surface area (Å²) in [4.78, 5) is 14.6. The van der Waals surface area contributed by atoms with Crippen molar-refractivity contribution in [2.45, 2.75) is 32.4 Å². The van der Waals surface area contributed by atoms with Crippen molar-refractivity contribution in [3.63, 3.8) is 0 Å². The molecule has 1 aromatic carbocycles. The van der Waals surface area contributed by atoms with Crippen molar-refractivity contribution >= 4 is 17.5 Å². The van der Waals surface area contributed by atoms with E-state index in [0.717, 1.165) is 25.3 Å². The first kappa shape index (κ1) is 17.3. The van der Waals surface area contributed by atoms with Crippen LogP contribution in [-0.4, -0.2) is 49.7 Å². The summed E-state index contributed by atoms with van der Waals surface area (Å²) in [5.41, 5.74) is 1.08. The first-order valence-corrected chi connectivity index (χ1v) is 8.18. The fourth-order valence-electron chi connectivity index (χ4n) is 2.68. The Hall–Kier alpha value is -1.10. The van der Waals surface area contributed by atoms with Crippen LogP contribution in [0.2, 0.25) is 5.02 Å². The van der Waals surface area contributed by atoms with Crippen LogP contribution in [0, 0.1) is 5.92 Å². The summed E-state index contributed by atoms with van der Waals surface area (Å²) in [5.74, 6) is -0.0356. The van der Waals surface area contributed by atoms with Gasteiger partial charge in [-0.3, -0.25) is 4.79 Å². The quantitative estimate of drug-likeness (QED) is 0.904. The normalized spacial score (nSPS) is 22.1. The van der Waals surface area contributed by atoms with Gasteiger partial charge in [-0.2, -0.15) is 0 Å². The maximum atomic E-state index is 12.4. The van der Waals surface area contributed by atoms with Gasteiger partial charge in [0.2, 0.25) is 5.91 Å². The third-order valence-electron chi connectivity index (χ3n) is 4.10. The molecule has 1 heterocycles. The lowest BCUT2D eigenvalue weighted by molar-refractivity contribution is -0.127. The predicted molar refractivity (Wildman–Crippen MR) is 89.2 cm³/mol. The van der Waals surface area contributed by atoms with Crippen LogP contribution in [0.15, 0.2) is 24.3 Å². The Labute approximate surface area is 137 Å². The molecule has 0 spiro atoms. The smallest absolute Gasteiger partial charge is 0.223 e. The van der Waals surface area contributed by atoms with E-state index >= 15 is 0 Å². The van der Waals surface area contributed by atoms with Crippen molar-refractivity contribution in [2.75, 3.05) is 26.7 Å². The number of hydrogen-bond donors (Lipinski definition) is 1. The van der Waals surface area contributed by atoms with Gasteiger partial charge in [0.05, 0.1) is 18.8 Å². The molecule has 22 heavy (non-hydrogen) atoms. The minimum absolute atomic E-state index is 0.0112. The number of nitrogens with one attached hydrogen (secondary N) is 1. The number of carbonyl (C=O) groups is 1. The fourth-order valence-corrected chi connectivity index (χ4v) is 2.90. The topological polar surface area (TPSA) is 41.6 Å². The highest BCUT2D eigenvalue weighted by Gasteiger charge is 2.26. The zero-order chi connectivity index (χ0) is 16.1. The average molecular weight is 325 g/mol. The van der Waals surface area contributed by atoms with E-state index in [1.807, 2.05) is 38.1 Å². The fraction of sp³-hybridized carbons (Fsp3) is 0.588. The van der Waals surface area contributed by atoms with Crippen molar-refractivity contribution in [3.05, 3.63) is 34.9 Å². The largest absolute Gasteiger partial charge is 0.373 e. The Morgan fingerprint density at radius 3 is 2.95 bits per heavy atom. The number of rotatable bonds is 5. The molecule has 0 saturated carbocycles. The SMILES string of the molecule is C[C@H](Cc1cccc(Cl)c1)C(=O)N[C@H](C)[C@@H]1CN(C)CCO1. The van der Waals surface area contributed by atoms with Gasteiger partial charge in [-0.25, -0.2) is 0 Å².